The van der Waals surface area contributed by atoms with E-state index in [1.165, 1.54) is 24.1 Å². The zero-order valence-corrected chi connectivity index (χ0v) is 10.2. The van der Waals surface area contributed by atoms with E-state index < -0.39 is 0 Å². The zero-order valence-electron chi connectivity index (χ0n) is 10.2. The van der Waals surface area contributed by atoms with Gasteiger partial charge in [0.2, 0.25) is 0 Å². The van der Waals surface area contributed by atoms with Crippen molar-refractivity contribution in [3.63, 3.8) is 0 Å². The molecule has 1 aliphatic rings. The molecule has 0 aromatic carbocycles. The molecule has 0 radical (unpaired) electrons. The Bertz CT molecular complexity index is 329. The van der Waals surface area contributed by atoms with Gasteiger partial charge in [0, 0.05) is 25.4 Å². The number of aryl methyl sites for hydroxylation is 1. The molecule has 4 heteroatoms. The first kappa shape index (κ1) is 11.6. The summed E-state index contributed by atoms with van der Waals surface area (Å²) in [6, 6.07) is 0.547. The average molecular weight is 223 g/mol. The van der Waals surface area contributed by atoms with Gasteiger partial charge >= 0.3 is 0 Å². The van der Waals surface area contributed by atoms with Crippen LogP contribution in [0, 0.1) is 6.92 Å². The van der Waals surface area contributed by atoms with Gasteiger partial charge in [-0.05, 0) is 38.3 Å². The van der Waals surface area contributed by atoms with Gasteiger partial charge in [0.05, 0.1) is 12.8 Å². The number of nitrogens with one attached hydrogen (secondary N) is 1. The number of hydrogen-bond acceptors (Lipinski definition) is 3. The highest BCUT2D eigenvalue weighted by molar-refractivity contribution is 5.16. The average Bonchev–Trinajstić information content (AvgIpc) is 2.62. The third-order valence-electron chi connectivity index (χ3n) is 3.32. The summed E-state index contributed by atoms with van der Waals surface area (Å²) in [5.41, 5.74) is 2.61. The summed E-state index contributed by atoms with van der Waals surface area (Å²) in [6.07, 6.45) is 5.44. The minimum absolute atomic E-state index is 0.547. The second-order valence-corrected chi connectivity index (χ2v) is 4.50. The van der Waals surface area contributed by atoms with Crippen LogP contribution in [0.2, 0.25) is 0 Å². The molecule has 2 rings (SSSR count). The third-order valence-corrected chi connectivity index (χ3v) is 3.32. The fourth-order valence-electron chi connectivity index (χ4n) is 2.10. The SMILES string of the molecule is Cc1c(CCNC2CCCOC2)cnn1C. The van der Waals surface area contributed by atoms with Crippen LogP contribution < -0.4 is 5.32 Å². The highest BCUT2D eigenvalue weighted by atomic mass is 16.5. The topological polar surface area (TPSA) is 39.1 Å². The minimum atomic E-state index is 0.547. The van der Waals surface area contributed by atoms with E-state index in [2.05, 4.69) is 17.3 Å². The Morgan fingerprint density at radius 3 is 3.12 bits per heavy atom. The first-order chi connectivity index (χ1) is 7.77. The number of rotatable bonds is 4. The molecule has 0 spiro atoms. The molecule has 90 valence electrons. The fourth-order valence-corrected chi connectivity index (χ4v) is 2.10. The first-order valence-corrected chi connectivity index (χ1v) is 6.06. The van der Waals surface area contributed by atoms with Crippen molar-refractivity contribution in [3.05, 3.63) is 17.5 Å². The summed E-state index contributed by atoms with van der Waals surface area (Å²) in [7, 11) is 1.99. The van der Waals surface area contributed by atoms with Gasteiger partial charge < -0.3 is 10.1 Å². The molecular formula is C12H21N3O. The second-order valence-electron chi connectivity index (χ2n) is 4.50. The van der Waals surface area contributed by atoms with E-state index in [4.69, 9.17) is 4.74 Å². The van der Waals surface area contributed by atoms with Crippen molar-refractivity contribution in [1.29, 1.82) is 0 Å². The lowest BCUT2D eigenvalue weighted by Crippen LogP contribution is -2.37. The number of ether oxygens (including phenoxy) is 1. The van der Waals surface area contributed by atoms with E-state index in [0.29, 0.717) is 6.04 Å². The molecule has 2 heterocycles. The smallest absolute Gasteiger partial charge is 0.0619 e. The summed E-state index contributed by atoms with van der Waals surface area (Å²) in [5, 5.41) is 7.79. The Morgan fingerprint density at radius 1 is 1.62 bits per heavy atom. The van der Waals surface area contributed by atoms with Crippen molar-refractivity contribution in [2.45, 2.75) is 32.2 Å². The van der Waals surface area contributed by atoms with Crippen LogP contribution in [-0.4, -0.2) is 35.6 Å². The summed E-state index contributed by atoms with van der Waals surface area (Å²) in [4.78, 5) is 0. The predicted molar refractivity (Wildman–Crippen MR) is 63.5 cm³/mol. The van der Waals surface area contributed by atoms with Crippen molar-refractivity contribution in [1.82, 2.24) is 15.1 Å². The molecule has 1 unspecified atom stereocenters. The Balaban J connectivity index is 1.73. The van der Waals surface area contributed by atoms with E-state index in [9.17, 15) is 0 Å². The maximum absolute atomic E-state index is 5.43. The molecule has 0 bridgehead atoms. The normalized spacial score (nSPS) is 21.2. The van der Waals surface area contributed by atoms with Gasteiger partial charge in [-0.1, -0.05) is 0 Å². The van der Waals surface area contributed by atoms with Crippen LogP contribution in [-0.2, 0) is 18.2 Å². The zero-order chi connectivity index (χ0) is 11.4. The van der Waals surface area contributed by atoms with E-state index in [0.717, 1.165) is 26.2 Å². The first-order valence-electron chi connectivity index (χ1n) is 6.06. The van der Waals surface area contributed by atoms with Crippen LogP contribution in [0.25, 0.3) is 0 Å². The number of hydrogen-bond donors (Lipinski definition) is 1. The minimum Gasteiger partial charge on any atom is -0.380 e. The lowest BCUT2D eigenvalue weighted by molar-refractivity contribution is 0.0707. The van der Waals surface area contributed by atoms with E-state index >= 15 is 0 Å². The molecule has 1 fully saturated rings. The van der Waals surface area contributed by atoms with Crippen LogP contribution in [0.1, 0.15) is 24.1 Å². The van der Waals surface area contributed by atoms with Crippen LogP contribution in [0.4, 0.5) is 0 Å². The molecule has 0 amide bonds. The molecular weight excluding hydrogens is 202 g/mol. The van der Waals surface area contributed by atoms with Crippen LogP contribution >= 0.6 is 0 Å². The summed E-state index contributed by atoms with van der Waals surface area (Å²) in [5.74, 6) is 0. The maximum Gasteiger partial charge on any atom is 0.0619 e. The van der Waals surface area contributed by atoms with Gasteiger partial charge in [-0.25, -0.2) is 0 Å². The van der Waals surface area contributed by atoms with Crippen molar-refractivity contribution < 1.29 is 4.74 Å². The Morgan fingerprint density at radius 2 is 2.50 bits per heavy atom. The van der Waals surface area contributed by atoms with Gasteiger partial charge in [-0.2, -0.15) is 5.10 Å². The molecule has 1 N–H and O–H groups in total. The molecule has 4 nitrogen and oxygen atoms in total. The van der Waals surface area contributed by atoms with Gasteiger partial charge in [0.25, 0.3) is 0 Å². The van der Waals surface area contributed by atoms with Crippen LogP contribution in [0.5, 0.6) is 0 Å². The van der Waals surface area contributed by atoms with Gasteiger partial charge in [-0.3, -0.25) is 4.68 Å². The highest BCUT2D eigenvalue weighted by Gasteiger charge is 2.12. The summed E-state index contributed by atoms with van der Waals surface area (Å²) in [6.45, 7) is 4.93. The predicted octanol–water partition coefficient (Wildman–Crippen LogP) is 1.04. The molecule has 0 aliphatic carbocycles. The van der Waals surface area contributed by atoms with E-state index in [-0.39, 0.29) is 0 Å². The Hall–Kier alpha value is -0.870. The van der Waals surface area contributed by atoms with Crippen molar-refractivity contribution in [2.75, 3.05) is 19.8 Å². The Labute approximate surface area is 97.0 Å². The van der Waals surface area contributed by atoms with Crippen molar-refractivity contribution in [3.8, 4) is 0 Å². The molecule has 16 heavy (non-hydrogen) atoms. The van der Waals surface area contributed by atoms with Gasteiger partial charge in [-0.15, -0.1) is 0 Å². The largest absolute Gasteiger partial charge is 0.380 e. The molecule has 1 aliphatic heterocycles. The second kappa shape index (κ2) is 5.46. The molecule has 1 atom stereocenters. The Kier molecular flexibility index (Phi) is 3.96. The fraction of sp³-hybridized carbons (Fsp3) is 0.750. The van der Waals surface area contributed by atoms with Crippen LogP contribution in [0.3, 0.4) is 0 Å². The quantitative estimate of drug-likeness (QED) is 0.829. The summed E-state index contributed by atoms with van der Waals surface area (Å²) >= 11 is 0. The number of aromatic nitrogens is 2. The van der Waals surface area contributed by atoms with E-state index in [1.807, 2.05) is 17.9 Å². The third kappa shape index (κ3) is 2.83. The standard InChI is InChI=1S/C12H21N3O/c1-10-11(8-14-15(10)2)5-6-13-12-4-3-7-16-9-12/h8,12-13H,3-7,9H2,1-2H3. The lowest BCUT2D eigenvalue weighted by atomic mass is 10.1. The monoisotopic (exact) mass is 223 g/mol. The van der Waals surface area contributed by atoms with Crippen LogP contribution in [0.15, 0.2) is 6.20 Å². The maximum atomic E-state index is 5.43. The molecule has 1 saturated heterocycles. The van der Waals surface area contributed by atoms with Crippen molar-refractivity contribution in [2.24, 2.45) is 7.05 Å². The number of nitrogens with zero attached hydrogens (tertiary/aromatic N) is 2. The molecule has 1 aromatic heterocycles. The molecule has 1 aromatic rings. The summed E-state index contributed by atoms with van der Waals surface area (Å²) < 4.78 is 7.36. The van der Waals surface area contributed by atoms with E-state index in [1.54, 1.807) is 0 Å². The highest BCUT2D eigenvalue weighted by Crippen LogP contribution is 2.08. The van der Waals surface area contributed by atoms with Crippen molar-refractivity contribution >= 4 is 0 Å². The lowest BCUT2D eigenvalue weighted by Gasteiger charge is -2.23. The molecule has 0 saturated carbocycles. The van der Waals surface area contributed by atoms with Gasteiger partial charge in [0.1, 0.15) is 0 Å². The van der Waals surface area contributed by atoms with Gasteiger partial charge in [0.15, 0.2) is 0 Å².